The number of nitrogens with one attached hydrogen (secondary N) is 1. The second-order valence-corrected chi connectivity index (χ2v) is 7.06. The minimum atomic E-state index is -0.306. The highest BCUT2D eigenvalue weighted by molar-refractivity contribution is 5.91. The average molecular weight is 397 g/mol. The molecule has 1 aliphatic rings. The summed E-state index contributed by atoms with van der Waals surface area (Å²) in [4.78, 5) is 16.7. The summed E-state index contributed by atoms with van der Waals surface area (Å²) in [5, 5.41) is 2.88. The fourth-order valence-electron chi connectivity index (χ4n) is 3.38. The van der Waals surface area contributed by atoms with Crippen LogP contribution in [0.25, 0.3) is 6.08 Å². The number of rotatable bonds is 8. The maximum atomic E-state index is 13.1. The minimum Gasteiger partial charge on any atom is -0.497 e. The second-order valence-electron chi connectivity index (χ2n) is 7.06. The Morgan fingerprint density at radius 2 is 1.90 bits per heavy atom. The zero-order valence-corrected chi connectivity index (χ0v) is 16.8. The fourth-order valence-corrected chi connectivity index (χ4v) is 3.38. The van der Waals surface area contributed by atoms with Crippen molar-refractivity contribution in [3.8, 4) is 5.75 Å². The Hall–Kier alpha value is -2.86. The molecule has 0 radical (unpaired) electrons. The summed E-state index contributed by atoms with van der Waals surface area (Å²) < 4.78 is 18.3. The maximum Gasteiger partial charge on any atom is 0.243 e. The number of hydrogen-bond acceptors (Lipinski definition) is 4. The van der Waals surface area contributed by atoms with Gasteiger partial charge < -0.3 is 15.0 Å². The van der Waals surface area contributed by atoms with Crippen LogP contribution >= 0.6 is 0 Å². The molecule has 1 N–H and O–H groups in total. The zero-order chi connectivity index (χ0) is 20.5. The van der Waals surface area contributed by atoms with E-state index in [1.54, 1.807) is 25.3 Å². The number of amides is 1. The Bertz CT molecular complexity index is 815. The molecule has 6 heteroatoms. The van der Waals surface area contributed by atoms with E-state index in [9.17, 15) is 9.18 Å². The molecule has 1 amide bonds. The van der Waals surface area contributed by atoms with Gasteiger partial charge in [0.2, 0.25) is 5.91 Å². The Balaban J connectivity index is 1.32. The van der Waals surface area contributed by atoms with Crippen molar-refractivity contribution in [3.05, 3.63) is 66.0 Å². The lowest BCUT2D eigenvalue weighted by Crippen LogP contribution is -2.47. The van der Waals surface area contributed by atoms with Gasteiger partial charge in [-0.25, -0.2) is 4.39 Å². The monoisotopic (exact) mass is 397 g/mol. The van der Waals surface area contributed by atoms with E-state index in [1.807, 2.05) is 12.1 Å². The van der Waals surface area contributed by atoms with E-state index >= 15 is 0 Å². The summed E-state index contributed by atoms with van der Waals surface area (Å²) in [5.74, 6) is 0.415. The third-order valence-corrected chi connectivity index (χ3v) is 5.04. The molecule has 2 aromatic carbocycles. The minimum absolute atomic E-state index is 0.154. The predicted octanol–water partition coefficient (Wildman–Crippen LogP) is 3.18. The summed E-state index contributed by atoms with van der Waals surface area (Å²) in [7, 11) is 1.68. The van der Waals surface area contributed by atoms with Gasteiger partial charge in [-0.15, -0.1) is 0 Å². The number of nitrogens with zero attached hydrogens (tertiary/aromatic N) is 2. The first-order valence-electron chi connectivity index (χ1n) is 9.97. The van der Waals surface area contributed by atoms with Gasteiger partial charge >= 0.3 is 0 Å². The lowest BCUT2D eigenvalue weighted by atomic mass is 10.2. The summed E-state index contributed by atoms with van der Waals surface area (Å²) in [5.41, 5.74) is 1.90. The van der Waals surface area contributed by atoms with E-state index in [2.05, 4.69) is 27.2 Å². The van der Waals surface area contributed by atoms with Gasteiger partial charge in [0, 0.05) is 44.5 Å². The SMILES string of the molecule is COc1ccc(N2CCN(CCCNC(=O)/C=C/c3cccc(F)c3)CC2)cc1. The number of carbonyl (C=O) groups is 1. The molecule has 1 fully saturated rings. The number of piperazine rings is 1. The normalized spacial score (nSPS) is 14.9. The first kappa shape index (κ1) is 20.9. The van der Waals surface area contributed by atoms with E-state index in [4.69, 9.17) is 4.74 Å². The molecule has 154 valence electrons. The predicted molar refractivity (Wildman–Crippen MR) is 115 cm³/mol. The van der Waals surface area contributed by atoms with Crippen LogP contribution in [-0.4, -0.2) is 57.2 Å². The molecule has 0 aromatic heterocycles. The van der Waals surface area contributed by atoms with E-state index in [1.165, 1.54) is 23.9 Å². The molecule has 1 saturated heterocycles. The Morgan fingerprint density at radius 1 is 1.14 bits per heavy atom. The van der Waals surface area contributed by atoms with E-state index in [0.29, 0.717) is 12.1 Å². The Morgan fingerprint density at radius 3 is 2.59 bits per heavy atom. The standard InChI is InChI=1S/C23H28FN3O2/c1-29-22-9-7-21(8-10-22)27-16-14-26(15-17-27)13-3-12-25-23(28)11-6-19-4-2-5-20(24)18-19/h2,4-11,18H,3,12-17H2,1H3,(H,25,28)/b11-6+. The molecule has 0 unspecified atom stereocenters. The van der Waals surface area contributed by atoms with Crippen molar-refractivity contribution in [1.29, 1.82) is 0 Å². The molecule has 0 bridgehead atoms. The summed E-state index contributed by atoms with van der Waals surface area (Å²) >= 11 is 0. The number of anilines is 1. The van der Waals surface area contributed by atoms with E-state index in [-0.39, 0.29) is 11.7 Å². The molecular formula is C23H28FN3O2. The highest BCUT2D eigenvalue weighted by atomic mass is 19.1. The molecule has 5 nitrogen and oxygen atoms in total. The number of ether oxygens (including phenoxy) is 1. The van der Waals surface area contributed by atoms with Crippen LogP contribution in [0.2, 0.25) is 0 Å². The lowest BCUT2D eigenvalue weighted by molar-refractivity contribution is -0.116. The zero-order valence-electron chi connectivity index (χ0n) is 16.8. The number of methoxy groups -OCH3 is 1. The van der Waals surface area contributed by atoms with E-state index < -0.39 is 0 Å². The molecular weight excluding hydrogens is 369 g/mol. The average Bonchev–Trinajstić information content (AvgIpc) is 2.76. The molecule has 1 aliphatic heterocycles. The van der Waals surface area contributed by atoms with Crippen molar-refractivity contribution in [1.82, 2.24) is 10.2 Å². The van der Waals surface area contributed by atoms with Crippen LogP contribution in [-0.2, 0) is 4.79 Å². The number of carbonyl (C=O) groups excluding carboxylic acids is 1. The largest absolute Gasteiger partial charge is 0.497 e. The van der Waals surface area contributed by atoms with Crippen molar-refractivity contribution in [2.45, 2.75) is 6.42 Å². The summed E-state index contributed by atoms with van der Waals surface area (Å²) in [6.07, 6.45) is 3.97. The van der Waals surface area contributed by atoms with Gasteiger partial charge in [-0.2, -0.15) is 0 Å². The van der Waals surface area contributed by atoms with Crippen LogP contribution in [0.5, 0.6) is 5.75 Å². The molecule has 2 aromatic rings. The van der Waals surface area contributed by atoms with Crippen LogP contribution < -0.4 is 15.0 Å². The topological polar surface area (TPSA) is 44.8 Å². The molecule has 0 saturated carbocycles. The second kappa shape index (κ2) is 10.6. The molecule has 1 heterocycles. The first-order chi connectivity index (χ1) is 14.1. The number of hydrogen-bond donors (Lipinski definition) is 1. The maximum absolute atomic E-state index is 13.1. The first-order valence-corrected chi connectivity index (χ1v) is 9.97. The molecule has 3 rings (SSSR count). The van der Waals surface area contributed by atoms with Gasteiger partial charge in [-0.1, -0.05) is 12.1 Å². The van der Waals surface area contributed by atoms with Crippen LogP contribution in [0.4, 0.5) is 10.1 Å². The molecule has 0 atom stereocenters. The van der Waals surface area contributed by atoms with Crippen LogP contribution in [0.1, 0.15) is 12.0 Å². The van der Waals surface area contributed by atoms with Gasteiger partial charge in [0.1, 0.15) is 11.6 Å². The van der Waals surface area contributed by atoms with Crippen LogP contribution in [0.15, 0.2) is 54.6 Å². The number of benzene rings is 2. The third-order valence-electron chi connectivity index (χ3n) is 5.04. The molecule has 0 spiro atoms. The van der Waals surface area contributed by atoms with Crippen molar-refractivity contribution in [3.63, 3.8) is 0 Å². The van der Waals surface area contributed by atoms with Gasteiger partial charge in [0.25, 0.3) is 0 Å². The third kappa shape index (κ3) is 6.61. The van der Waals surface area contributed by atoms with Crippen molar-refractivity contribution >= 4 is 17.7 Å². The lowest BCUT2D eigenvalue weighted by Gasteiger charge is -2.36. The highest BCUT2D eigenvalue weighted by Gasteiger charge is 2.16. The van der Waals surface area contributed by atoms with Gasteiger partial charge in [-0.3, -0.25) is 9.69 Å². The quantitative estimate of drug-likeness (QED) is 0.549. The summed E-state index contributed by atoms with van der Waals surface area (Å²) in [6.45, 7) is 5.61. The smallest absolute Gasteiger partial charge is 0.243 e. The molecule has 29 heavy (non-hydrogen) atoms. The Labute approximate surface area is 171 Å². The van der Waals surface area contributed by atoms with Crippen molar-refractivity contribution in [2.75, 3.05) is 51.3 Å². The van der Waals surface area contributed by atoms with Gasteiger partial charge in [-0.05, 0) is 61.0 Å². The van der Waals surface area contributed by atoms with Crippen LogP contribution in [0.3, 0.4) is 0 Å². The van der Waals surface area contributed by atoms with Crippen LogP contribution in [0, 0.1) is 5.82 Å². The van der Waals surface area contributed by atoms with Crippen molar-refractivity contribution < 1.29 is 13.9 Å². The summed E-state index contributed by atoms with van der Waals surface area (Å²) in [6, 6.07) is 14.4. The van der Waals surface area contributed by atoms with Gasteiger partial charge in [0.05, 0.1) is 7.11 Å². The highest BCUT2D eigenvalue weighted by Crippen LogP contribution is 2.20. The van der Waals surface area contributed by atoms with E-state index in [0.717, 1.165) is 44.9 Å². The Kier molecular flexibility index (Phi) is 7.64. The fraction of sp³-hybridized carbons (Fsp3) is 0.348. The van der Waals surface area contributed by atoms with Gasteiger partial charge in [0.15, 0.2) is 0 Å². The number of halogens is 1. The van der Waals surface area contributed by atoms with Crippen molar-refractivity contribution in [2.24, 2.45) is 0 Å². The molecule has 0 aliphatic carbocycles.